The van der Waals surface area contributed by atoms with Crippen LogP contribution in [0.25, 0.3) is 0 Å². The summed E-state index contributed by atoms with van der Waals surface area (Å²) < 4.78 is 32.3. The molecule has 1 atom stereocenters. The Morgan fingerprint density at radius 2 is 2.04 bits per heavy atom. The molecule has 0 spiro atoms. The zero-order valence-corrected chi connectivity index (χ0v) is 16.6. The first-order chi connectivity index (χ1) is 11.4. The molecule has 1 unspecified atom stereocenters. The first-order valence-electron chi connectivity index (χ1n) is 8.02. The Kier molecular flexibility index (Phi) is 6.50. The van der Waals surface area contributed by atoms with Gasteiger partial charge in [0.25, 0.3) is 5.91 Å². The predicted molar refractivity (Wildman–Crippen MR) is 98.8 cm³/mol. The molecule has 142 valence electrons. The van der Waals surface area contributed by atoms with Crippen molar-refractivity contribution in [2.75, 3.05) is 45.9 Å². The lowest BCUT2D eigenvalue weighted by atomic mass is 9.90. The molecule has 2 aliphatic heterocycles. The molecule has 3 rings (SSSR count). The van der Waals surface area contributed by atoms with Crippen LogP contribution in [0.2, 0.25) is 0 Å². The van der Waals surface area contributed by atoms with Crippen LogP contribution >= 0.6 is 23.7 Å². The molecule has 0 saturated carbocycles. The summed E-state index contributed by atoms with van der Waals surface area (Å²) >= 11 is 1.18. The van der Waals surface area contributed by atoms with E-state index in [9.17, 15) is 13.2 Å². The number of morpholine rings is 1. The highest BCUT2D eigenvalue weighted by Crippen LogP contribution is 2.32. The normalized spacial score (nSPS) is 25.0. The van der Waals surface area contributed by atoms with Crippen LogP contribution < -0.4 is 5.73 Å². The Hall–Kier alpha value is -0.710. The third kappa shape index (κ3) is 4.01. The standard InChI is InChI=1S/C15H23N3O4S2.ClH/c1-15(10-16)3-4-17(11-15)14(19)13-12(2-9-23-13)24(20,21)18-5-7-22-8-6-18;/h2,9H,3-8,10-11,16H2,1H3;1H. The Balaban J connectivity index is 0.00000225. The van der Waals surface area contributed by atoms with Crippen molar-refractivity contribution in [3.8, 4) is 0 Å². The number of sulfonamides is 1. The number of thiophene rings is 1. The van der Waals surface area contributed by atoms with Gasteiger partial charge >= 0.3 is 0 Å². The van der Waals surface area contributed by atoms with Gasteiger partial charge in [0.15, 0.2) is 0 Å². The maximum absolute atomic E-state index is 12.9. The maximum atomic E-state index is 12.9. The number of halogens is 1. The largest absolute Gasteiger partial charge is 0.379 e. The van der Waals surface area contributed by atoms with Crippen molar-refractivity contribution in [2.24, 2.45) is 11.1 Å². The third-order valence-corrected chi connectivity index (χ3v) is 7.72. The minimum atomic E-state index is -3.67. The number of rotatable bonds is 4. The van der Waals surface area contributed by atoms with E-state index in [-0.39, 0.29) is 28.6 Å². The highest BCUT2D eigenvalue weighted by molar-refractivity contribution is 7.89. The number of nitrogens with two attached hydrogens (primary N) is 1. The summed E-state index contributed by atoms with van der Waals surface area (Å²) in [5, 5.41) is 1.67. The van der Waals surface area contributed by atoms with E-state index in [2.05, 4.69) is 6.92 Å². The summed E-state index contributed by atoms with van der Waals surface area (Å²) in [6.45, 7) is 5.15. The minimum absolute atomic E-state index is 0. The van der Waals surface area contributed by atoms with Gasteiger partial charge in [-0.25, -0.2) is 8.42 Å². The lowest BCUT2D eigenvalue weighted by molar-refractivity contribution is 0.0727. The molecular formula is C15H24ClN3O4S2. The van der Waals surface area contributed by atoms with E-state index in [1.807, 2.05) is 0 Å². The molecule has 2 saturated heterocycles. The number of carbonyl (C=O) groups excluding carboxylic acids is 1. The smallest absolute Gasteiger partial charge is 0.265 e. The van der Waals surface area contributed by atoms with Crippen molar-refractivity contribution >= 4 is 39.7 Å². The van der Waals surface area contributed by atoms with Crippen LogP contribution in [0.1, 0.15) is 23.0 Å². The fourth-order valence-corrected chi connectivity index (χ4v) is 5.86. The molecule has 1 aromatic rings. The van der Waals surface area contributed by atoms with Gasteiger partial charge in [0.2, 0.25) is 10.0 Å². The van der Waals surface area contributed by atoms with Crippen molar-refractivity contribution in [1.82, 2.24) is 9.21 Å². The van der Waals surface area contributed by atoms with Crippen LogP contribution in [-0.2, 0) is 14.8 Å². The molecule has 2 N–H and O–H groups in total. The topological polar surface area (TPSA) is 92.9 Å². The predicted octanol–water partition coefficient (Wildman–Crippen LogP) is 1.00. The van der Waals surface area contributed by atoms with Crippen LogP contribution in [0.3, 0.4) is 0 Å². The lowest BCUT2D eigenvalue weighted by Crippen LogP contribution is -2.41. The number of nitrogens with zero attached hydrogens (tertiary/aromatic N) is 2. The number of ether oxygens (including phenoxy) is 1. The van der Waals surface area contributed by atoms with Gasteiger partial charge in [-0.3, -0.25) is 4.79 Å². The second-order valence-corrected chi connectivity index (χ2v) is 9.44. The zero-order valence-electron chi connectivity index (χ0n) is 14.1. The van der Waals surface area contributed by atoms with Gasteiger partial charge in [-0.2, -0.15) is 4.31 Å². The van der Waals surface area contributed by atoms with Crippen molar-refractivity contribution < 1.29 is 17.9 Å². The third-order valence-electron chi connectivity index (χ3n) is 4.75. The number of carbonyl (C=O) groups is 1. The molecule has 2 aliphatic rings. The number of hydrogen-bond donors (Lipinski definition) is 1. The van der Waals surface area contributed by atoms with Gasteiger partial charge in [0.1, 0.15) is 9.77 Å². The fraction of sp³-hybridized carbons (Fsp3) is 0.667. The van der Waals surface area contributed by atoms with Crippen LogP contribution in [-0.4, -0.2) is 69.5 Å². The summed E-state index contributed by atoms with van der Waals surface area (Å²) in [6.07, 6.45) is 0.839. The van der Waals surface area contributed by atoms with E-state index in [0.29, 0.717) is 50.8 Å². The van der Waals surface area contributed by atoms with Gasteiger partial charge in [-0.1, -0.05) is 6.92 Å². The van der Waals surface area contributed by atoms with Gasteiger partial charge in [0.05, 0.1) is 13.2 Å². The Morgan fingerprint density at radius 1 is 1.36 bits per heavy atom. The molecule has 1 aromatic heterocycles. The molecule has 2 fully saturated rings. The van der Waals surface area contributed by atoms with E-state index < -0.39 is 10.0 Å². The lowest BCUT2D eigenvalue weighted by Gasteiger charge is -2.26. The highest BCUT2D eigenvalue weighted by Gasteiger charge is 2.38. The quantitative estimate of drug-likeness (QED) is 0.800. The van der Waals surface area contributed by atoms with Crippen molar-refractivity contribution in [2.45, 2.75) is 18.2 Å². The summed E-state index contributed by atoms with van der Waals surface area (Å²) in [5.74, 6) is -0.214. The molecule has 25 heavy (non-hydrogen) atoms. The Bertz CT molecular complexity index is 718. The fourth-order valence-electron chi connectivity index (χ4n) is 3.09. The first kappa shape index (κ1) is 20.6. The molecule has 0 aromatic carbocycles. The summed E-state index contributed by atoms with van der Waals surface area (Å²) in [6, 6.07) is 1.53. The van der Waals surface area contributed by atoms with E-state index in [1.165, 1.54) is 21.7 Å². The molecular weight excluding hydrogens is 386 g/mol. The van der Waals surface area contributed by atoms with Crippen molar-refractivity contribution in [1.29, 1.82) is 0 Å². The molecule has 0 bridgehead atoms. The number of amides is 1. The van der Waals surface area contributed by atoms with Gasteiger partial charge in [-0.15, -0.1) is 23.7 Å². The second kappa shape index (κ2) is 7.89. The molecule has 10 heteroatoms. The average molecular weight is 410 g/mol. The van der Waals surface area contributed by atoms with E-state index in [1.54, 1.807) is 10.3 Å². The monoisotopic (exact) mass is 409 g/mol. The first-order valence-corrected chi connectivity index (χ1v) is 10.3. The summed E-state index contributed by atoms with van der Waals surface area (Å²) in [5.41, 5.74) is 5.71. The van der Waals surface area contributed by atoms with Gasteiger partial charge < -0.3 is 15.4 Å². The highest BCUT2D eigenvalue weighted by atomic mass is 35.5. The second-order valence-electron chi connectivity index (χ2n) is 6.62. The minimum Gasteiger partial charge on any atom is -0.379 e. The molecule has 0 radical (unpaired) electrons. The van der Waals surface area contributed by atoms with Crippen LogP contribution in [0, 0.1) is 5.41 Å². The van der Waals surface area contributed by atoms with Crippen LogP contribution in [0.4, 0.5) is 0 Å². The van der Waals surface area contributed by atoms with Gasteiger partial charge in [-0.05, 0) is 29.8 Å². The van der Waals surface area contributed by atoms with Crippen LogP contribution in [0.15, 0.2) is 16.3 Å². The molecule has 3 heterocycles. The van der Waals surface area contributed by atoms with E-state index in [0.717, 1.165) is 6.42 Å². The Labute approximate surface area is 158 Å². The van der Waals surface area contributed by atoms with E-state index in [4.69, 9.17) is 10.5 Å². The molecule has 0 aliphatic carbocycles. The SMILES string of the molecule is CC1(CN)CCN(C(=O)c2sccc2S(=O)(=O)N2CCOCC2)C1.Cl. The molecule has 1 amide bonds. The van der Waals surface area contributed by atoms with Gasteiger partial charge in [0, 0.05) is 26.2 Å². The Morgan fingerprint density at radius 3 is 2.64 bits per heavy atom. The van der Waals surface area contributed by atoms with Crippen molar-refractivity contribution in [3.63, 3.8) is 0 Å². The number of likely N-dealkylation sites (tertiary alicyclic amines) is 1. The van der Waals surface area contributed by atoms with E-state index >= 15 is 0 Å². The average Bonchev–Trinajstić information content (AvgIpc) is 3.23. The molecule has 7 nitrogen and oxygen atoms in total. The summed E-state index contributed by atoms with van der Waals surface area (Å²) in [7, 11) is -3.67. The van der Waals surface area contributed by atoms with Crippen molar-refractivity contribution in [3.05, 3.63) is 16.3 Å². The van der Waals surface area contributed by atoms with Crippen LogP contribution in [0.5, 0.6) is 0 Å². The zero-order chi connectivity index (χ0) is 17.4. The maximum Gasteiger partial charge on any atom is 0.265 e. The summed E-state index contributed by atoms with van der Waals surface area (Å²) in [4.78, 5) is 15.0. The number of hydrogen-bond acceptors (Lipinski definition) is 6.